The number of hydrogen-bond donors (Lipinski definition) is 1. The van der Waals surface area contributed by atoms with Crippen molar-refractivity contribution in [2.45, 2.75) is 26.8 Å². The second kappa shape index (κ2) is 11.5. The quantitative estimate of drug-likeness (QED) is 0.0914. The zero-order valence-electron chi connectivity index (χ0n) is 24.7. The molecule has 6 rings (SSSR count). The first kappa shape index (κ1) is 28.9. The van der Waals surface area contributed by atoms with Crippen LogP contribution in [0.1, 0.15) is 35.5 Å². The van der Waals surface area contributed by atoms with Gasteiger partial charge in [-0.2, -0.15) is 0 Å². The molecule has 1 unspecified atom stereocenters. The number of Topliss-reactive ketones (excluding diaryl/α,β-unsaturated/α-hetero) is 1. The maximum Gasteiger partial charge on any atom is 0.301 e. The fraction of sp³-hybridized carbons (Fsp3) is 0.212. The molecule has 44 heavy (non-hydrogen) atoms. The molecule has 0 saturated carbocycles. The minimum Gasteiger partial charge on any atom is -0.505 e. The normalized spacial score (nSPS) is 16.2. The third kappa shape index (κ3) is 4.75. The molecule has 0 radical (unpaired) electrons. The highest BCUT2D eigenvalue weighted by molar-refractivity contribution is 7.22. The van der Waals surface area contributed by atoms with Gasteiger partial charge in [0, 0.05) is 6.20 Å². The number of methoxy groups -OCH3 is 1. The Labute approximate surface area is 257 Å². The van der Waals surface area contributed by atoms with Gasteiger partial charge in [-0.15, -0.1) is 0 Å². The van der Waals surface area contributed by atoms with Gasteiger partial charge in [0.25, 0.3) is 5.78 Å². The Balaban J connectivity index is 1.58. The number of carbonyl (C=O) groups is 2. The Kier molecular flexibility index (Phi) is 7.56. The van der Waals surface area contributed by atoms with E-state index in [2.05, 4.69) is 11.6 Å². The largest absolute Gasteiger partial charge is 0.505 e. The van der Waals surface area contributed by atoms with Crippen molar-refractivity contribution in [2.75, 3.05) is 25.2 Å². The maximum atomic E-state index is 13.9. The van der Waals surface area contributed by atoms with Crippen LogP contribution in [0.25, 0.3) is 21.6 Å². The number of aliphatic hydroxyl groups excluding tert-OH is 1. The minimum atomic E-state index is -1.03. The lowest BCUT2D eigenvalue weighted by Crippen LogP contribution is -2.29. The summed E-state index contributed by atoms with van der Waals surface area (Å²) in [6, 6.07) is 13.3. The van der Waals surface area contributed by atoms with E-state index in [0.717, 1.165) is 10.3 Å². The van der Waals surface area contributed by atoms with E-state index >= 15 is 0 Å². The van der Waals surface area contributed by atoms with Crippen LogP contribution in [0.2, 0.25) is 0 Å². The van der Waals surface area contributed by atoms with Crippen molar-refractivity contribution in [3.05, 3.63) is 95.5 Å². The van der Waals surface area contributed by atoms with Crippen LogP contribution in [0.5, 0.6) is 17.2 Å². The van der Waals surface area contributed by atoms with Gasteiger partial charge >= 0.3 is 5.91 Å². The molecule has 10 nitrogen and oxygen atoms in total. The van der Waals surface area contributed by atoms with E-state index in [-0.39, 0.29) is 23.6 Å². The van der Waals surface area contributed by atoms with Crippen LogP contribution < -0.4 is 19.1 Å². The van der Waals surface area contributed by atoms with E-state index < -0.39 is 17.7 Å². The average Bonchev–Trinajstić information content (AvgIpc) is 3.68. The van der Waals surface area contributed by atoms with Gasteiger partial charge in [-0.3, -0.25) is 14.5 Å². The van der Waals surface area contributed by atoms with Crippen LogP contribution in [0.15, 0.2) is 73.0 Å². The first-order chi connectivity index (χ1) is 21.3. The summed E-state index contributed by atoms with van der Waals surface area (Å²) in [4.78, 5) is 38.4. The number of pyridine rings is 1. The number of fused-ring (bicyclic) bond motifs is 2. The fourth-order valence-electron chi connectivity index (χ4n) is 5.37. The van der Waals surface area contributed by atoms with Gasteiger partial charge in [0.2, 0.25) is 0 Å². The number of imidazole rings is 1. The van der Waals surface area contributed by atoms with Crippen molar-refractivity contribution in [1.29, 1.82) is 0 Å². The Morgan fingerprint density at radius 1 is 1.09 bits per heavy atom. The number of nitrogens with zero attached hydrogens (tertiary/aromatic N) is 4. The van der Waals surface area contributed by atoms with Gasteiger partial charge in [-0.05, 0) is 68.3 Å². The molecular weight excluding hydrogens is 580 g/mol. The van der Waals surface area contributed by atoms with Crippen molar-refractivity contribution >= 4 is 49.8 Å². The topological polar surface area (TPSA) is 115 Å². The van der Waals surface area contributed by atoms with E-state index in [1.165, 1.54) is 16.2 Å². The number of aliphatic hydroxyl groups is 1. The second-order valence-electron chi connectivity index (χ2n) is 10.2. The maximum absolute atomic E-state index is 13.9. The Morgan fingerprint density at radius 2 is 1.91 bits per heavy atom. The predicted octanol–water partition coefficient (Wildman–Crippen LogP) is 6.16. The standard InChI is InChI=1S/C33H30N4O6S/c1-6-15-43-23-13-10-20(16-24(23)42-7-2)28-26(29(38)27-19(4)36-14-8-9-18(3)31(36)35-27)30(39)32(40)37(28)33-34-22-12-11-21(41-5)17-25(22)44-33/h6,8-14,16-17,28,38H,1,7,15H2,2-5H3. The third-order valence-electron chi connectivity index (χ3n) is 7.48. The molecule has 4 heterocycles. The average molecular weight is 611 g/mol. The van der Waals surface area contributed by atoms with Crippen LogP contribution in [0.3, 0.4) is 0 Å². The van der Waals surface area contributed by atoms with E-state index in [9.17, 15) is 14.7 Å². The molecule has 1 atom stereocenters. The molecule has 0 aliphatic carbocycles. The number of anilines is 1. The van der Waals surface area contributed by atoms with Crippen molar-refractivity contribution in [3.8, 4) is 17.2 Å². The number of benzene rings is 2. The first-order valence-corrected chi connectivity index (χ1v) is 14.8. The second-order valence-corrected chi connectivity index (χ2v) is 11.2. The van der Waals surface area contributed by atoms with Crippen molar-refractivity contribution in [1.82, 2.24) is 14.4 Å². The van der Waals surface area contributed by atoms with E-state index in [1.54, 1.807) is 50.4 Å². The lowest BCUT2D eigenvalue weighted by atomic mass is 9.96. The van der Waals surface area contributed by atoms with E-state index in [1.807, 2.05) is 42.6 Å². The summed E-state index contributed by atoms with van der Waals surface area (Å²) in [5.41, 5.74) is 3.44. The number of aryl methyl sites for hydroxylation is 2. The highest BCUT2D eigenvalue weighted by atomic mass is 32.1. The zero-order chi connectivity index (χ0) is 31.1. The molecule has 2 aromatic carbocycles. The molecule has 1 amide bonds. The summed E-state index contributed by atoms with van der Waals surface area (Å²) in [5, 5.41) is 12.1. The highest BCUT2D eigenvalue weighted by Crippen LogP contribution is 2.46. The minimum absolute atomic E-state index is 0.0989. The van der Waals surface area contributed by atoms with Gasteiger partial charge < -0.3 is 23.7 Å². The van der Waals surface area contributed by atoms with Crippen molar-refractivity contribution in [2.24, 2.45) is 0 Å². The molecule has 1 aliphatic rings. The highest BCUT2D eigenvalue weighted by Gasteiger charge is 2.49. The first-order valence-electron chi connectivity index (χ1n) is 14.0. The van der Waals surface area contributed by atoms with Gasteiger partial charge in [0.1, 0.15) is 23.7 Å². The van der Waals surface area contributed by atoms with Crippen LogP contribution >= 0.6 is 11.3 Å². The number of thiazole rings is 1. The Hall–Kier alpha value is -5.16. The summed E-state index contributed by atoms with van der Waals surface area (Å²) in [6.07, 6.45) is 3.46. The number of rotatable bonds is 9. The molecule has 11 heteroatoms. The van der Waals surface area contributed by atoms with Crippen molar-refractivity contribution < 1.29 is 28.9 Å². The van der Waals surface area contributed by atoms with Gasteiger partial charge in [0.05, 0.1) is 41.2 Å². The Morgan fingerprint density at radius 3 is 2.64 bits per heavy atom. The lowest BCUT2D eigenvalue weighted by molar-refractivity contribution is -0.132. The van der Waals surface area contributed by atoms with Crippen LogP contribution in [-0.2, 0) is 9.59 Å². The number of aromatic nitrogens is 3. The molecule has 1 aliphatic heterocycles. The molecule has 0 spiro atoms. The Bertz CT molecular complexity index is 1990. The van der Waals surface area contributed by atoms with Gasteiger partial charge in [-0.1, -0.05) is 36.1 Å². The SMILES string of the molecule is C=CCOc1ccc(C2C(=C(O)c3nc4c(C)cccn4c3C)C(=O)C(=O)N2c2nc3ccc(OC)cc3s2)cc1OCC. The van der Waals surface area contributed by atoms with E-state index in [0.29, 0.717) is 51.4 Å². The molecule has 224 valence electrons. The van der Waals surface area contributed by atoms with Crippen molar-refractivity contribution in [3.63, 3.8) is 0 Å². The van der Waals surface area contributed by atoms with Crippen LogP contribution in [0.4, 0.5) is 5.13 Å². The van der Waals surface area contributed by atoms with E-state index in [4.69, 9.17) is 19.2 Å². The number of hydrogen-bond acceptors (Lipinski definition) is 9. The van der Waals surface area contributed by atoms with Crippen LogP contribution in [0, 0.1) is 13.8 Å². The monoisotopic (exact) mass is 610 g/mol. The number of ether oxygens (including phenoxy) is 3. The lowest BCUT2D eigenvalue weighted by Gasteiger charge is -2.24. The molecule has 1 N–H and O–H groups in total. The molecular formula is C33H30N4O6S. The smallest absolute Gasteiger partial charge is 0.301 e. The predicted molar refractivity (Wildman–Crippen MR) is 169 cm³/mol. The number of amides is 1. The molecule has 1 saturated heterocycles. The summed E-state index contributed by atoms with van der Waals surface area (Å²) in [5.74, 6) is -0.491. The summed E-state index contributed by atoms with van der Waals surface area (Å²) in [7, 11) is 1.57. The van der Waals surface area contributed by atoms with Gasteiger partial charge in [-0.25, -0.2) is 9.97 Å². The number of ketones is 1. The summed E-state index contributed by atoms with van der Waals surface area (Å²) in [6.45, 7) is 9.89. The molecule has 5 aromatic rings. The fourth-order valence-corrected chi connectivity index (χ4v) is 6.39. The number of carbonyl (C=O) groups excluding carboxylic acids is 2. The van der Waals surface area contributed by atoms with Gasteiger partial charge in [0.15, 0.2) is 22.4 Å². The molecule has 3 aromatic heterocycles. The summed E-state index contributed by atoms with van der Waals surface area (Å²) >= 11 is 1.25. The zero-order valence-corrected chi connectivity index (χ0v) is 25.5. The summed E-state index contributed by atoms with van der Waals surface area (Å²) < 4.78 is 19.7. The van der Waals surface area contributed by atoms with Crippen LogP contribution in [-0.4, -0.2) is 51.5 Å². The molecule has 0 bridgehead atoms. The third-order valence-corrected chi connectivity index (χ3v) is 8.50. The molecule has 1 fully saturated rings.